The molecule has 0 aliphatic carbocycles. The average molecular weight is 364 g/mol. The molecule has 0 unspecified atom stereocenters. The molecular weight excluding hydrogens is 339 g/mol. The Morgan fingerprint density at radius 3 is 2.62 bits per heavy atom. The molecule has 0 atom stereocenters. The summed E-state index contributed by atoms with van der Waals surface area (Å²) in [7, 11) is 2.78. The largest absolute Gasteiger partial charge is 0.494 e. The van der Waals surface area contributed by atoms with E-state index in [1.54, 1.807) is 6.07 Å². The molecule has 2 saturated heterocycles. The Kier molecular flexibility index (Phi) is 5.46. The minimum Gasteiger partial charge on any atom is -0.494 e. The Labute approximate surface area is 152 Å². The number of amides is 1. The van der Waals surface area contributed by atoms with Gasteiger partial charge in [-0.3, -0.25) is 14.5 Å². The number of methoxy groups -OCH3 is 2. The Bertz CT molecular complexity index is 688. The number of esters is 1. The molecule has 0 radical (unpaired) electrons. The highest BCUT2D eigenvalue weighted by Crippen LogP contribution is 2.40. The first-order chi connectivity index (χ1) is 12.4. The van der Waals surface area contributed by atoms with Crippen molar-refractivity contribution >= 4 is 11.9 Å². The van der Waals surface area contributed by atoms with Crippen LogP contribution in [0, 0.1) is 11.2 Å². The molecule has 1 spiro atoms. The minimum atomic E-state index is -0.353. The minimum absolute atomic E-state index is 0.0166. The summed E-state index contributed by atoms with van der Waals surface area (Å²) in [4.78, 5) is 27.5. The maximum Gasteiger partial charge on any atom is 0.306 e. The molecule has 0 saturated carbocycles. The van der Waals surface area contributed by atoms with Gasteiger partial charge >= 0.3 is 5.97 Å². The molecule has 7 heteroatoms. The quantitative estimate of drug-likeness (QED) is 0.721. The predicted molar refractivity (Wildman–Crippen MR) is 93.1 cm³/mol. The standard InChI is InChI=1S/C19H25FN2O4/c1-25-16-4-3-14(9-15(16)20)10-21-11-19(12-21)7-8-22(13-19)17(23)5-6-18(24)26-2/h3-4,9H,5-8,10-13H2,1-2H3. The number of rotatable bonds is 6. The van der Waals surface area contributed by atoms with E-state index in [1.807, 2.05) is 11.0 Å². The van der Waals surface area contributed by atoms with Crippen LogP contribution in [0.4, 0.5) is 4.39 Å². The fraction of sp³-hybridized carbons (Fsp3) is 0.579. The molecule has 6 nitrogen and oxygen atoms in total. The average Bonchev–Trinajstić information content (AvgIpc) is 3.04. The summed E-state index contributed by atoms with van der Waals surface area (Å²) in [6.45, 7) is 3.98. The second kappa shape index (κ2) is 7.61. The van der Waals surface area contributed by atoms with E-state index in [2.05, 4.69) is 9.64 Å². The van der Waals surface area contributed by atoms with Gasteiger partial charge in [-0.1, -0.05) is 6.07 Å². The van der Waals surface area contributed by atoms with Gasteiger partial charge in [-0.05, 0) is 24.1 Å². The van der Waals surface area contributed by atoms with Crippen molar-refractivity contribution in [2.24, 2.45) is 5.41 Å². The number of carbonyl (C=O) groups excluding carboxylic acids is 2. The number of nitrogens with zero attached hydrogens (tertiary/aromatic N) is 2. The molecule has 26 heavy (non-hydrogen) atoms. The molecule has 1 aromatic carbocycles. The lowest BCUT2D eigenvalue weighted by molar-refractivity contribution is -0.143. The van der Waals surface area contributed by atoms with Crippen molar-refractivity contribution in [2.45, 2.75) is 25.8 Å². The van der Waals surface area contributed by atoms with E-state index >= 15 is 0 Å². The lowest BCUT2D eigenvalue weighted by atomic mass is 9.79. The van der Waals surface area contributed by atoms with Crippen LogP contribution in [0.25, 0.3) is 0 Å². The molecule has 2 fully saturated rings. The van der Waals surface area contributed by atoms with Gasteiger partial charge < -0.3 is 14.4 Å². The number of carbonyl (C=O) groups is 2. The third-order valence-corrected chi connectivity index (χ3v) is 5.30. The summed E-state index contributed by atoms with van der Waals surface area (Å²) >= 11 is 0. The maximum atomic E-state index is 13.8. The number of hydrogen-bond donors (Lipinski definition) is 0. The van der Waals surface area contributed by atoms with E-state index in [0.717, 1.165) is 38.2 Å². The number of halogens is 1. The Morgan fingerprint density at radius 1 is 1.19 bits per heavy atom. The van der Waals surface area contributed by atoms with Crippen molar-refractivity contribution in [3.8, 4) is 5.75 Å². The van der Waals surface area contributed by atoms with Gasteiger partial charge in [0.1, 0.15) is 0 Å². The van der Waals surface area contributed by atoms with Crippen LogP contribution in [0.1, 0.15) is 24.8 Å². The third-order valence-electron chi connectivity index (χ3n) is 5.30. The van der Waals surface area contributed by atoms with Crippen molar-refractivity contribution in [3.63, 3.8) is 0 Å². The Morgan fingerprint density at radius 2 is 1.96 bits per heavy atom. The molecule has 0 aromatic heterocycles. The second-order valence-corrected chi connectivity index (χ2v) is 7.26. The molecule has 2 heterocycles. The van der Waals surface area contributed by atoms with Crippen LogP contribution in [-0.4, -0.2) is 62.1 Å². The van der Waals surface area contributed by atoms with Gasteiger partial charge in [-0.25, -0.2) is 4.39 Å². The predicted octanol–water partition coefficient (Wildman–Crippen LogP) is 1.82. The molecule has 3 rings (SSSR count). The molecule has 1 amide bonds. The molecule has 2 aliphatic heterocycles. The van der Waals surface area contributed by atoms with Gasteiger partial charge in [0, 0.05) is 44.6 Å². The second-order valence-electron chi connectivity index (χ2n) is 7.26. The van der Waals surface area contributed by atoms with Crippen LogP contribution in [-0.2, 0) is 20.9 Å². The normalized spacial score (nSPS) is 18.7. The summed E-state index contributed by atoms with van der Waals surface area (Å²) in [5, 5.41) is 0. The maximum absolute atomic E-state index is 13.8. The van der Waals surface area contributed by atoms with Crippen LogP contribution in [0.2, 0.25) is 0 Å². The van der Waals surface area contributed by atoms with E-state index in [4.69, 9.17) is 4.74 Å². The first-order valence-corrected chi connectivity index (χ1v) is 8.84. The van der Waals surface area contributed by atoms with Crippen molar-refractivity contribution < 1.29 is 23.5 Å². The lowest BCUT2D eigenvalue weighted by Crippen LogP contribution is -2.57. The van der Waals surface area contributed by atoms with Crippen molar-refractivity contribution in [1.82, 2.24) is 9.80 Å². The van der Waals surface area contributed by atoms with Crippen LogP contribution in [0.15, 0.2) is 18.2 Å². The summed E-state index contributed by atoms with van der Waals surface area (Å²) < 4.78 is 23.3. The van der Waals surface area contributed by atoms with Crippen molar-refractivity contribution in [2.75, 3.05) is 40.4 Å². The van der Waals surface area contributed by atoms with Gasteiger partial charge in [-0.2, -0.15) is 0 Å². The van der Waals surface area contributed by atoms with E-state index in [1.165, 1.54) is 20.3 Å². The highest BCUT2D eigenvalue weighted by Gasteiger charge is 2.48. The molecule has 2 aliphatic rings. The molecule has 142 valence electrons. The van der Waals surface area contributed by atoms with Crippen molar-refractivity contribution in [3.05, 3.63) is 29.6 Å². The number of likely N-dealkylation sites (tertiary alicyclic amines) is 2. The lowest BCUT2D eigenvalue weighted by Gasteiger charge is -2.48. The number of hydrogen-bond acceptors (Lipinski definition) is 5. The number of benzene rings is 1. The number of ether oxygens (including phenoxy) is 2. The monoisotopic (exact) mass is 364 g/mol. The fourth-order valence-electron chi connectivity index (χ4n) is 3.96. The zero-order valence-electron chi connectivity index (χ0n) is 15.3. The Balaban J connectivity index is 1.46. The van der Waals surface area contributed by atoms with Crippen molar-refractivity contribution in [1.29, 1.82) is 0 Å². The summed E-state index contributed by atoms with van der Waals surface area (Å²) in [6.07, 6.45) is 1.32. The van der Waals surface area contributed by atoms with Crippen LogP contribution in [0.3, 0.4) is 0 Å². The zero-order chi connectivity index (χ0) is 18.7. The summed E-state index contributed by atoms with van der Waals surface area (Å²) in [5.41, 5.74) is 1.06. The van der Waals surface area contributed by atoms with Gasteiger partial charge in [0.25, 0.3) is 0 Å². The highest BCUT2D eigenvalue weighted by atomic mass is 19.1. The smallest absolute Gasteiger partial charge is 0.306 e. The summed E-state index contributed by atoms with van der Waals surface area (Å²) in [6, 6.07) is 5.04. The third kappa shape index (κ3) is 3.98. The molecule has 1 aromatic rings. The van der Waals surface area contributed by atoms with Crippen LogP contribution < -0.4 is 4.74 Å². The van der Waals surface area contributed by atoms with Gasteiger partial charge in [-0.15, -0.1) is 0 Å². The van der Waals surface area contributed by atoms with E-state index < -0.39 is 0 Å². The Hall–Kier alpha value is -2.15. The first kappa shape index (κ1) is 18.6. The molecular formula is C19H25FN2O4. The van der Waals surface area contributed by atoms with E-state index in [0.29, 0.717) is 6.54 Å². The van der Waals surface area contributed by atoms with Gasteiger partial charge in [0.2, 0.25) is 5.91 Å². The zero-order valence-corrected chi connectivity index (χ0v) is 15.3. The molecule has 0 N–H and O–H groups in total. The summed E-state index contributed by atoms with van der Waals surface area (Å²) in [5.74, 6) is -0.425. The van der Waals surface area contributed by atoms with Crippen LogP contribution >= 0.6 is 0 Å². The van der Waals surface area contributed by atoms with E-state index in [9.17, 15) is 14.0 Å². The first-order valence-electron chi connectivity index (χ1n) is 8.84. The highest BCUT2D eigenvalue weighted by molar-refractivity contribution is 5.81. The SMILES string of the molecule is COC(=O)CCC(=O)N1CCC2(CN(Cc3ccc(OC)c(F)c3)C2)C1. The van der Waals surface area contributed by atoms with E-state index in [-0.39, 0.29) is 41.7 Å². The van der Waals surface area contributed by atoms with Crippen LogP contribution in [0.5, 0.6) is 5.75 Å². The topological polar surface area (TPSA) is 59.1 Å². The molecule has 0 bridgehead atoms. The van der Waals surface area contributed by atoms with Gasteiger partial charge in [0.05, 0.1) is 20.6 Å². The fourth-order valence-corrected chi connectivity index (χ4v) is 3.96. The van der Waals surface area contributed by atoms with Gasteiger partial charge in [0.15, 0.2) is 11.6 Å².